The molecule has 2 aromatic rings. The molecule has 1 fully saturated rings. The molecule has 0 atom stereocenters. The smallest absolute Gasteiger partial charge is 0.246 e. The van der Waals surface area contributed by atoms with Crippen molar-refractivity contribution in [3.8, 4) is 23.0 Å². The summed E-state index contributed by atoms with van der Waals surface area (Å²) >= 11 is 0. The highest BCUT2D eigenvalue weighted by Gasteiger charge is 2.20. The second kappa shape index (κ2) is 9.75. The van der Waals surface area contributed by atoms with E-state index < -0.39 is 0 Å². The molecule has 0 spiro atoms. The number of carbonyl (C=O) groups excluding carboxylic acids is 1. The molecule has 0 aliphatic carbocycles. The lowest BCUT2D eigenvalue weighted by molar-refractivity contribution is -0.127. The number of rotatable bonds is 6. The highest BCUT2D eigenvalue weighted by Crippen LogP contribution is 2.31. The van der Waals surface area contributed by atoms with E-state index in [1.54, 1.807) is 20.3 Å². The number of hydrogen-bond donors (Lipinski definition) is 0. The monoisotopic (exact) mass is 424 g/mol. The van der Waals surface area contributed by atoms with Crippen molar-refractivity contribution in [3.05, 3.63) is 53.6 Å². The Kier molecular flexibility index (Phi) is 6.62. The molecule has 0 radical (unpaired) electrons. The van der Waals surface area contributed by atoms with Crippen molar-refractivity contribution in [2.45, 2.75) is 6.54 Å². The van der Waals surface area contributed by atoms with Crippen molar-refractivity contribution >= 4 is 12.0 Å². The van der Waals surface area contributed by atoms with Gasteiger partial charge in [0.1, 0.15) is 13.2 Å². The minimum atomic E-state index is 0.0220. The van der Waals surface area contributed by atoms with Gasteiger partial charge >= 0.3 is 0 Å². The van der Waals surface area contributed by atoms with E-state index in [1.807, 2.05) is 35.2 Å². The fraction of sp³-hybridized carbons (Fsp3) is 0.375. The summed E-state index contributed by atoms with van der Waals surface area (Å²) in [5, 5.41) is 0. The average molecular weight is 424 g/mol. The Labute approximate surface area is 182 Å². The lowest BCUT2D eigenvalue weighted by Crippen LogP contribution is -2.47. The van der Waals surface area contributed by atoms with Gasteiger partial charge in [-0.25, -0.2) is 0 Å². The summed E-state index contributed by atoms with van der Waals surface area (Å²) in [7, 11) is 3.20. The van der Waals surface area contributed by atoms with Crippen LogP contribution in [0.2, 0.25) is 0 Å². The fourth-order valence-electron chi connectivity index (χ4n) is 3.80. The molecule has 0 bridgehead atoms. The molecular weight excluding hydrogens is 396 g/mol. The molecule has 164 valence electrons. The molecule has 1 amide bonds. The van der Waals surface area contributed by atoms with Gasteiger partial charge in [-0.15, -0.1) is 0 Å². The van der Waals surface area contributed by atoms with Gasteiger partial charge in [-0.2, -0.15) is 0 Å². The first kappa shape index (κ1) is 21.1. The topological polar surface area (TPSA) is 60.5 Å². The van der Waals surface area contributed by atoms with Crippen LogP contribution in [0.1, 0.15) is 11.1 Å². The van der Waals surface area contributed by atoms with Crippen LogP contribution >= 0.6 is 0 Å². The van der Waals surface area contributed by atoms with Crippen molar-refractivity contribution in [3.63, 3.8) is 0 Å². The van der Waals surface area contributed by atoms with Crippen LogP contribution in [0.4, 0.5) is 0 Å². The minimum absolute atomic E-state index is 0.0220. The van der Waals surface area contributed by atoms with Crippen LogP contribution in [-0.4, -0.2) is 69.3 Å². The Bertz CT molecular complexity index is 951. The third-order valence-electron chi connectivity index (χ3n) is 5.52. The van der Waals surface area contributed by atoms with Crippen LogP contribution in [0, 0.1) is 0 Å². The molecule has 7 heteroatoms. The fourth-order valence-corrected chi connectivity index (χ4v) is 3.80. The first-order valence-electron chi connectivity index (χ1n) is 10.5. The summed E-state index contributed by atoms with van der Waals surface area (Å²) in [6.07, 6.45) is 3.43. The molecule has 31 heavy (non-hydrogen) atoms. The first-order valence-corrected chi connectivity index (χ1v) is 10.5. The maximum atomic E-state index is 12.6. The van der Waals surface area contributed by atoms with Gasteiger partial charge in [0.2, 0.25) is 5.91 Å². The van der Waals surface area contributed by atoms with Gasteiger partial charge in [-0.05, 0) is 41.5 Å². The zero-order valence-electron chi connectivity index (χ0n) is 18.0. The molecule has 0 N–H and O–H groups in total. The number of amides is 1. The second-order valence-electron chi connectivity index (χ2n) is 7.53. The Balaban J connectivity index is 1.29. The number of nitrogens with zero attached hydrogens (tertiary/aromatic N) is 2. The van der Waals surface area contributed by atoms with E-state index in [2.05, 4.69) is 17.0 Å². The van der Waals surface area contributed by atoms with Gasteiger partial charge < -0.3 is 23.8 Å². The van der Waals surface area contributed by atoms with E-state index in [0.717, 1.165) is 36.7 Å². The number of fused-ring (bicyclic) bond motifs is 1. The molecule has 0 aromatic heterocycles. The van der Waals surface area contributed by atoms with Gasteiger partial charge in [-0.1, -0.05) is 12.1 Å². The highest BCUT2D eigenvalue weighted by atomic mass is 16.6. The maximum absolute atomic E-state index is 12.6. The summed E-state index contributed by atoms with van der Waals surface area (Å²) in [5.41, 5.74) is 2.08. The van der Waals surface area contributed by atoms with Crippen molar-refractivity contribution in [2.24, 2.45) is 0 Å². The number of methoxy groups -OCH3 is 2. The summed E-state index contributed by atoms with van der Waals surface area (Å²) in [5.74, 6) is 2.96. The Hall–Kier alpha value is -3.19. The van der Waals surface area contributed by atoms with E-state index in [-0.39, 0.29) is 5.91 Å². The minimum Gasteiger partial charge on any atom is -0.493 e. The molecule has 2 aromatic carbocycles. The maximum Gasteiger partial charge on any atom is 0.246 e. The molecule has 7 nitrogen and oxygen atoms in total. The highest BCUT2D eigenvalue weighted by molar-refractivity contribution is 5.92. The Morgan fingerprint density at radius 3 is 2.42 bits per heavy atom. The van der Waals surface area contributed by atoms with E-state index in [1.165, 1.54) is 5.56 Å². The number of carbonyl (C=O) groups is 1. The van der Waals surface area contributed by atoms with Crippen LogP contribution in [-0.2, 0) is 11.3 Å². The van der Waals surface area contributed by atoms with Crippen molar-refractivity contribution in [2.75, 3.05) is 53.6 Å². The predicted octanol–water partition coefficient (Wildman–Crippen LogP) is 2.83. The van der Waals surface area contributed by atoms with Crippen LogP contribution in [0.3, 0.4) is 0 Å². The van der Waals surface area contributed by atoms with Crippen LogP contribution in [0.15, 0.2) is 42.5 Å². The quantitative estimate of drug-likeness (QED) is 0.665. The number of benzene rings is 2. The molecule has 0 saturated carbocycles. The van der Waals surface area contributed by atoms with Crippen molar-refractivity contribution in [1.29, 1.82) is 0 Å². The third kappa shape index (κ3) is 5.11. The molecule has 0 unspecified atom stereocenters. The number of hydrogen-bond acceptors (Lipinski definition) is 6. The van der Waals surface area contributed by atoms with Gasteiger partial charge in [-0.3, -0.25) is 9.69 Å². The molecule has 2 heterocycles. The number of ether oxygens (including phenoxy) is 4. The van der Waals surface area contributed by atoms with Gasteiger partial charge in [0.05, 0.1) is 14.2 Å². The molecule has 2 aliphatic rings. The van der Waals surface area contributed by atoms with E-state index in [4.69, 9.17) is 18.9 Å². The summed E-state index contributed by atoms with van der Waals surface area (Å²) in [4.78, 5) is 16.8. The lowest BCUT2D eigenvalue weighted by Gasteiger charge is -2.34. The summed E-state index contributed by atoms with van der Waals surface area (Å²) < 4.78 is 21.8. The zero-order chi connectivity index (χ0) is 21.6. The van der Waals surface area contributed by atoms with Crippen molar-refractivity contribution in [1.82, 2.24) is 9.80 Å². The summed E-state index contributed by atoms with van der Waals surface area (Å²) in [6, 6.07) is 11.7. The van der Waals surface area contributed by atoms with E-state index in [0.29, 0.717) is 37.8 Å². The van der Waals surface area contributed by atoms with Crippen molar-refractivity contribution < 1.29 is 23.7 Å². The second-order valence-corrected chi connectivity index (χ2v) is 7.53. The lowest BCUT2D eigenvalue weighted by atomic mass is 10.1. The standard InChI is InChI=1S/C24H28N2O5/c1-28-20-6-3-18(15-22(20)29-2)5-8-24(27)26-11-9-25(10-12-26)17-19-4-7-21-23(16-19)31-14-13-30-21/h3-8,15-16H,9-14,17H2,1-2H3/b8-5+. The molecule has 2 aliphatic heterocycles. The predicted molar refractivity (Wildman–Crippen MR) is 118 cm³/mol. The van der Waals surface area contributed by atoms with E-state index >= 15 is 0 Å². The largest absolute Gasteiger partial charge is 0.493 e. The molecular formula is C24H28N2O5. The third-order valence-corrected chi connectivity index (χ3v) is 5.52. The van der Waals surface area contributed by atoms with Gasteiger partial charge in [0.25, 0.3) is 0 Å². The van der Waals surface area contributed by atoms with Crippen LogP contribution < -0.4 is 18.9 Å². The molecule has 1 saturated heterocycles. The zero-order valence-corrected chi connectivity index (χ0v) is 18.0. The average Bonchev–Trinajstić information content (AvgIpc) is 2.82. The first-order chi connectivity index (χ1) is 15.2. The Morgan fingerprint density at radius 1 is 0.935 bits per heavy atom. The van der Waals surface area contributed by atoms with Gasteiger partial charge in [0.15, 0.2) is 23.0 Å². The van der Waals surface area contributed by atoms with Crippen LogP contribution in [0.25, 0.3) is 6.08 Å². The number of piperazine rings is 1. The van der Waals surface area contributed by atoms with E-state index in [9.17, 15) is 4.79 Å². The van der Waals surface area contributed by atoms with Gasteiger partial charge in [0, 0.05) is 38.8 Å². The summed E-state index contributed by atoms with van der Waals surface area (Å²) in [6.45, 7) is 5.12. The molecule has 4 rings (SSSR count). The SMILES string of the molecule is COc1ccc(/C=C/C(=O)N2CCN(Cc3ccc4c(c3)OCCO4)CC2)cc1OC. The van der Waals surface area contributed by atoms with Crippen LogP contribution in [0.5, 0.6) is 23.0 Å². The Morgan fingerprint density at radius 2 is 1.68 bits per heavy atom. The normalized spacial score (nSPS) is 16.4.